The topological polar surface area (TPSA) is 17.1 Å². The predicted octanol–water partition coefficient (Wildman–Crippen LogP) is 4.52. The van der Waals surface area contributed by atoms with Crippen molar-refractivity contribution in [2.24, 2.45) is 0 Å². The van der Waals surface area contributed by atoms with Crippen molar-refractivity contribution >= 4 is 11.4 Å². The summed E-state index contributed by atoms with van der Waals surface area (Å²) in [7, 11) is 0. The predicted molar refractivity (Wildman–Crippen MR) is 83.0 cm³/mol. The molecule has 0 spiro atoms. The molecule has 0 fully saturated rings. The number of carbonyl (C=O) groups is 1. The fraction of sp³-hybridized carbons (Fsp3) is 0.167. The van der Waals surface area contributed by atoms with Gasteiger partial charge in [-0.2, -0.15) is 0 Å². The van der Waals surface area contributed by atoms with Gasteiger partial charge in [-0.3, -0.25) is 4.79 Å². The van der Waals surface area contributed by atoms with E-state index in [-0.39, 0.29) is 5.78 Å². The molecule has 0 atom stereocenters. The Kier molecular flexibility index (Phi) is 6.31. The molecule has 0 aliphatic carbocycles. The van der Waals surface area contributed by atoms with Crippen LogP contribution in [0, 0.1) is 0 Å². The van der Waals surface area contributed by atoms with Gasteiger partial charge < -0.3 is 0 Å². The molecule has 0 saturated heterocycles. The van der Waals surface area contributed by atoms with E-state index in [9.17, 15) is 4.79 Å². The Morgan fingerprint density at radius 1 is 1.21 bits per heavy atom. The van der Waals surface area contributed by atoms with Gasteiger partial charge in [-0.1, -0.05) is 68.7 Å². The molecule has 1 aromatic carbocycles. The molecule has 0 radical (unpaired) electrons. The van der Waals surface area contributed by atoms with Crippen molar-refractivity contribution in [2.75, 3.05) is 0 Å². The van der Waals surface area contributed by atoms with Gasteiger partial charge in [0.15, 0.2) is 5.78 Å². The van der Waals surface area contributed by atoms with Crippen molar-refractivity contribution in [1.29, 1.82) is 0 Å². The van der Waals surface area contributed by atoms with Crippen molar-refractivity contribution in [3.05, 3.63) is 78.9 Å². The third-order valence-corrected chi connectivity index (χ3v) is 2.72. The maximum absolute atomic E-state index is 11.3. The van der Waals surface area contributed by atoms with Crippen molar-refractivity contribution in [3.8, 4) is 0 Å². The van der Waals surface area contributed by atoms with Gasteiger partial charge in [0, 0.05) is 6.42 Å². The summed E-state index contributed by atoms with van der Waals surface area (Å²) in [5, 5.41) is 0. The molecule has 0 aromatic heterocycles. The highest BCUT2D eigenvalue weighted by Crippen LogP contribution is 2.17. The van der Waals surface area contributed by atoms with Crippen LogP contribution in [0.1, 0.15) is 24.5 Å². The van der Waals surface area contributed by atoms with E-state index in [4.69, 9.17) is 0 Å². The minimum absolute atomic E-state index is 0.0421. The maximum atomic E-state index is 11.3. The second-order valence-electron chi connectivity index (χ2n) is 4.21. The highest BCUT2D eigenvalue weighted by Gasteiger charge is 2.01. The number of hydrogen-bond acceptors (Lipinski definition) is 1. The van der Waals surface area contributed by atoms with E-state index in [1.54, 1.807) is 6.08 Å². The second-order valence-corrected chi connectivity index (χ2v) is 4.21. The molecular weight excluding hydrogens is 232 g/mol. The number of carbonyl (C=O) groups excluding carboxylic acids is 1. The lowest BCUT2D eigenvalue weighted by Crippen LogP contribution is -1.97. The van der Waals surface area contributed by atoms with Crippen LogP contribution in [0.2, 0.25) is 0 Å². The van der Waals surface area contributed by atoms with E-state index >= 15 is 0 Å². The molecule has 98 valence electrons. The van der Waals surface area contributed by atoms with Gasteiger partial charge in [0.05, 0.1) is 0 Å². The quantitative estimate of drug-likeness (QED) is 0.515. The Hall–Kier alpha value is -2.15. The zero-order chi connectivity index (χ0) is 14.1. The number of hydrogen-bond donors (Lipinski definition) is 0. The molecule has 0 N–H and O–H groups in total. The van der Waals surface area contributed by atoms with Crippen LogP contribution >= 0.6 is 0 Å². The van der Waals surface area contributed by atoms with E-state index in [1.807, 2.05) is 30.3 Å². The monoisotopic (exact) mass is 252 g/mol. The summed E-state index contributed by atoms with van der Waals surface area (Å²) in [6.45, 7) is 9.32. The largest absolute Gasteiger partial charge is 0.295 e. The first-order valence-electron chi connectivity index (χ1n) is 6.45. The molecular formula is C18H20O. The average Bonchev–Trinajstić information content (AvgIpc) is 2.44. The number of ketones is 1. The summed E-state index contributed by atoms with van der Waals surface area (Å²) in [4.78, 5) is 11.3. The summed E-state index contributed by atoms with van der Waals surface area (Å²) in [5.74, 6) is 0.0421. The lowest BCUT2D eigenvalue weighted by Gasteiger charge is -2.04. The van der Waals surface area contributed by atoms with Crippen LogP contribution in [-0.2, 0) is 11.2 Å². The summed E-state index contributed by atoms with van der Waals surface area (Å²) < 4.78 is 0. The third kappa shape index (κ3) is 4.92. The lowest BCUT2D eigenvalue weighted by atomic mass is 10.0. The van der Waals surface area contributed by atoms with Gasteiger partial charge in [0.25, 0.3) is 0 Å². The van der Waals surface area contributed by atoms with Crippen molar-refractivity contribution < 1.29 is 4.79 Å². The summed E-state index contributed by atoms with van der Waals surface area (Å²) in [6.07, 6.45) is 10.7. The molecule has 0 heterocycles. The minimum atomic E-state index is 0.0421. The molecule has 1 aromatic rings. The van der Waals surface area contributed by atoms with Gasteiger partial charge >= 0.3 is 0 Å². The number of rotatable bonds is 7. The molecule has 1 nitrogen and oxygen atoms in total. The summed E-state index contributed by atoms with van der Waals surface area (Å²) in [5.41, 5.74) is 3.25. The van der Waals surface area contributed by atoms with Gasteiger partial charge in [0.1, 0.15) is 0 Å². The SMILES string of the molecule is C=C/C=C(\C=C/CC)c1ccc(CC(=O)C=C)cc1. The molecule has 0 bridgehead atoms. The first-order chi connectivity index (χ1) is 9.21. The van der Waals surface area contributed by atoms with E-state index in [0.717, 1.165) is 23.1 Å². The summed E-state index contributed by atoms with van der Waals surface area (Å²) >= 11 is 0. The van der Waals surface area contributed by atoms with E-state index < -0.39 is 0 Å². The van der Waals surface area contributed by atoms with Crippen LogP contribution in [0.25, 0.3) is 5.57 Å². The summed E-state index contributed by atoms with van der Waals surface area (Å²) in [6, 6.07) is 8.02. The van der Waals surface area contributed by atoms with Crippen molar-refractivity contribution in [1.82, 2.24) is 0 Å². The molecule has 1 rings (SSSR count). The standard InChI is InChI=1S/C18H20O/c1-4-7-9-16(8-5-2)17-12-10-15(11-13-17)14-18(19)6-3/h5-13H,2-4,14H2,1H3/b9-7-,16-8+. The first kappa shape index (κ1) is 14.9. The van der Waals surface area contributed by atoms with Crippen molar-refractivity contribution in [3.63, 3.8) is 0 Å². The van der Waals surface area contributed by atoms with E-state index in [2.05, 4.69) is 32.2 Å². The van der Waals surface area contributed by atoms with E-state index in [1.165, 1.54) is 6.08 Å². The van der Waals surface area contributed by atoms with Gasteiger partial charge in [0.2, 0.25) is 0 Å². The number of allylic oxidation sites excluding steroid dienone is 6. The molecule has 0 aliphatic rings. The molecule has 19 heavy (non-hydrogen) atoms. The highest BCUT2D eigenvalue weighted by atomic mass is 16.1. The van der Waals surface area contributed by atoms with E-state index in [0.29, 0.717) is 6.42 Å². The molecule has 0 saturated carbocycles. The van der Waals surface area contributed by atoms with Gasteiger partial charge in [-0.05, 0) is 29.2 Å². The van der Waals surface area contributed by atoms with Crippen molar-refractivity contribution in [2.45, 2.75) is 19.8 Å². The molecule has 0 amide bonds. The fourth-order valence-corrected chi connectivity index (χ4v) is 1.71. The van der Waals surface area contributed by atoms with Crippen LogP contribution in [-0.4, -0.2) is 5.78 Å². The maximum Gasteiger partial charge on any atom is 0.159 e. The average molecular weight is 252 g/mol. The lowest BCUT2D eigenvalue weighted by molar-refractivity contribution is -0.114. The minimum Gasteiger partial charge on any atom is -0.295 e. The first-order valence-corrected chi connectivity index (χ1v) is 6.45. The van der Waals surface area contributed by atoms with Crippen LogP contribution < -0.4 is 0 Å². The normalized spacial score (nSPS) is 11.5. The molecule has 0 aliphatic heterocycles. The Balaban J connectivity index is 2.92. The van der Waals surface area contributed by atoms with Crippen LogP contribution in [0.5, 0.6) is 0 Å². The Morgan fingerprint density at radius 2 is 1.89 bits per heavy atom. The molecule has 1 heteroatoms. The fourth-order valence-electron chi connectivity index (χ4n) is 1.71. The zero-order valence-corrected chi connectivity index (χ0v) is 11.4. The zero-order valence-electron chi connectivity index (χ0n) is 11.4. The van der Waals surface area contributed by atoms with Crippen LogP contribution in [0.4, 0.5) is 0 Å². The van der Waals surface area contributed by atoms with Crippen LogP contribution in [0.15, 0.2) is 67.8 Å². The Morgan fingerprint density at radius 3 is 2.42 bits per heavy atom. The smallest absolute Gasteiger partial charge is 0.159 e. The number of benzene rings is 1. The highest BCUT2D eigenvalue weighted by molar-refractivity contribution is 5.90. The third-order valence-electron chi connectivity index (χ3n) is 2.72. The second kappa shape index (κ2) is 8.04. The van der Waals surface area contributed by atoms with Crippen LogP contribution in [0.3, 0.4) is 0 Å². The molecule has 0 unspecified atom stereocenters. The Bertz CT molecular complexity index is 501. The van der Waals surface area contributed by atoms with Gasteiger partial charge in [-0.25, -0.2) is 0 Å². The Labute approximate surface area is 115 Å². The van der Waals surface area contributed by atoms with Gasteiger partial charge in [-0.15, -0.1) is 0 Å².